The molecule has 0 aliphatic heterocycles. The zero-order valence-corrected chi connectivity index (χ0v) is 7.27. The van der Waals surface area contributed by atoms with Gasteiger partial charge in [-0.2, -0.15) is 5.10 Å². The Balaban J connectivity index is 0.000000720. The molecule has 0 aliphatic carbocycles. The highest BCUT2D eigenvalue weighted by Gasteiger charge is 1.99. The molecule has 0 amide bonds. The molecule has 3 N–H and O–H groups in total. The molecule has 0 saturated heterocycles. The Labute approximate surface area is 76.4 Å². The van der Waals surface area contributed by atoms with E-state index in [2.05, 4.69) is 10.2 Å². The van der Waals surface area contributed by atoms with Crippen LogP contribution in [0.3, 0.4) is 0 Å². The highest BCUT2D eigenvalue weighted by molar-refractivity contribution is 5.85. The molecule has 3 nitrogen and oxygen atoms in total. The van der Waals surface area contributed by atoms with Gasteiger partial charge in [-0.3, -0.25) is 5.10 Å². The number of H-pyrrole nitrogens is 1. The van der Waals surface area contributed by atoms with E-state index in [1.54, 1.807) is 0 Å². The maximum absolute atomic E-state index is 5.49. The van der Waals surface area contributed by atoms with Crippen LogP contribution in [-0.4, -0.2) is 10.2 Å². The number of nitrogens with one attached hydrogen (secondary N) is 1. The molecule has 0 atom stereocenters. The van der Waals surface area contributed by atoms with Crippen LogP contribution in [0.2, 0.25) is 0 Å². The van der Waals surface area contributed by atoms with Gasteiger partial charge in [-0.1, -0.05) is 18.2 Å². The summed E-state index contributed by atoms with van der Waals surface area (Å²) >= 11 is 0. The van der Waals surface area contributed by atoms with Gasteiger partial charge in [0.05, 0.1) is 11.2 Å². The second-order valence-corrected chi connectivity index (χ2v) is 2.42. The summed E-state index contributed by atoms with van der Waals surface area (Å²) in [5, 5.41) is 8.09. The second kappa shape index (κ2) is 3.56. The van der Waals surface area contributed by atoms with Gasteiger partial charge in [0.15, 0.2) is 0 Å². The first-order valence-electron chi connectivity index (χ1n) is 3.54. The van der Waals surface area contributed by atoms with Gasteiger partial charge in [0.1, 0.15) is 0 Å². The molecule has 0 spiro atoms. The first-order valence-corrected chi connectivity index (χ1v) is 3.54. The van der Waals surface area contributed by atoms with Gasteiger partial charge < -0.3 is 5.73 Å². The topological polar surface area (TPSA) is 54.7 Å². The van der Waals surface area contributed by atoms with E-state index in [4.69, 9.17) is 5.73 Å². The van der Waals surface area contributed by atoms with Crippen LogP contribution in [0.15, 0.2) is 24.3 Å². The Kier molecular flexibility index (Phi) is 2.68. The third-order valence-corrected chi connectivity index (χ3v) is 1.74. The number of halogens is 1. The number of fused-ring (bicyclic) bond motifs is 1. The lowest BCUT2D eigenvalue weighted by atomic mass is 10.2. The van der Waals surface area contributed by atoms with Gasteiger partial charge >= 0.3 is 0 Å². The quantitative estimate of drug-likeness (QED) is 0.703. The molecular formula is C8H10ClN3. The summed E-state index contributed by atoms with van der Waals surface area (Å²) in [6.45, 7) is 0.514. The van der Waals surface area contributed by atoms with Crippen molar-refractivity contribution in [3.63, 3.8) is 0 Å². The van der Waals surface area contributed by atoms with Crippen molar-refractivity contribution in [1.82, 2.24) is 10.2 Å². The van der Waals surface area contributed by atoms with E-state index in [0.29, 0.717) is 6.54 Å². The zero-order valence-electron chi connectivity index (χ0n) is 6.45. The summed E-state index contributed by atoms with van der Waals surface area (Å²) in [4.78, 5) is 0. The lowest BCUT2D eigenvalue weighted by molar-refractivity contribution is 0.959. The van der Waals surface area contributed by atoms with E-state index in [1.165, 1.54) is 0 Å². The third kappa shape index (κ3) is 1.29. The van der Waals surface area contributed by atoms with Crippen LogP contribution < -0.4 is 5.73 Å². The zero-order chi connectivity index (χ0) is 7.68. The minimum atomic E-state index is 0. The molecule has 0 aliphatic rings. The minimum Gasteiger partial charge on any atom is -0.325 e. The average Bonchev–Trinajstić information content (AvgIpc) is 2.47. The number of hydrogen-bond donors (Lipinski definition) is 2. The van der Waals surface area contributed by atoms with Crippen molar-refractivity contribution in [2.45, 2.75) is 6.54 Å². The van der Waals surface area contributed by atoms with Gasteiger partial charge in [-0.15, -0.1) is 12.4 Å². The fraction of sp³-hybridized carbons (Fsp3) is 0.125. The maximum Gasteiger partial charge on any atom is 0.0924 e. The van der Waals surface area contributed by atoms with Crippen molar-refractivity contribution in [3.8, 4) is 0 Å². The van der Waals surface area contributed by atoms with E-state index < -0.39 is 0 Å². The predicted octanol–water partition coefficient (Wildman–Crippen LogP) is 1.44. The first kappa shape index (κ1) is 9.03. The van der Waals surface area contributed by atoms with Crippen LogP contribution in [0.4, 0.5) is 0 Å². The summed E-state index contributed by atoms with van der Waals surface area (Å²) in [7, 11) is 0. The van der Waals surface area contributed by atoms with Gasteiger partial charge in [-0.05, 0) is 6.07 Å². The lowest BCUT2D eigenvalue weighted by Crippen LogP contribution is -1.96. The van der Waals surface area contributed by atoms with Crippen molar-refractivity contribution >= 4 is 23.3 Å². The van der Waals surface area contributed by atoms with E-state index in [1.807, 2.05) is 24.3 Å². The Morgan fingerprint density at radius 2 is 2.08 bits per heavy atom. The first-order chi connectivity index (χ1) is 5.42. The van der Waals surface area contributed by atoms with Crippen LogP contribution in [0.5, 0.6) is 0 Å². The van der Waals surface area contributed by atoms with Gasteiger partial charge in [0, 0.05) is 11.9 Å². The second-order valence-electron chi connectivity index (χ2n) is 2.42. The Hall–Kier alpha value is -1.06. The Morgan fingerprint density at radius 3 is 2.83 bits per heavy atom. The van der Waals surface area contributed by atoms with Crippen molar-refractivity contribution < 1.29 is 0 Å². The number of benzene rings is 1. The largest absolute Gasteiger partial charge is 0.325 e. The highest BCUT2D eigenvalue weighted by Crippen LogP contribution is 2.13. The molecule has 1 aromatic heterocycles. The summed E-state index contributed by atoms with van der Waals surface area (Å²) in [6.07, 6.45) is 0. The van der Waals surface area contributed by atoms with E-state index in [0.717, 1.165) is 16.6 Å². The molecule has 4 heteroatoms. The number of nitrogens with two attached hydrogens (primary N) is 1. The number of aromatic amines is 1. The Bertz CT molecular complexity index is 369. The van der Waals surface area contributed by atoms with Gasteiger partial charge in [-0.25, -0.2) is 0 Å². The number of nitrogens with zero attached hydrogens (tertiary/aromatic N) is 1. The number of rotatable bonds is 1. The summed E-state index contributed by atoms with van der Waals surface area (Å²) in [5.74, 6) is 0. The molecule has 1 aromatic carbocycles. The van der Waals surface area contributed by atoms with E-state index in [9.17, 15) is 0 Å². The number of para-hydroxylation sites is 1. The fourth-order valence-electron chi connectivity index (χ4n) is 1.17. The SMILES string of the molecule is Cl.NCc1[nH]nc2ccccc12. The number of hydrogen-bond acceptors (Lipinski definition) is 2. The molecule has 0 radical (unpaired) electrons. The minimum absolute atomic E-state index is 0. The standard InChI is InChI=1S/C8H9N3.ClH/c9-5-8-6-3-1-2-4-7(6)10-11-8;/h1-4H,5,9H2,(H,10,11);1H. The summed E-state index contributed by atoms with van der Waals surface area (Å²) in [5.41, 5.74) is 7.47. The summed E-state index contributed by atoms with van der Waals surface area (Å²) < 4.78 is 0. The van der Waals surface area contributed by atoms with E-state index >= 15 is 0 Å². The maximum atomic E-state index is 5.49. The smallest absolute Gasteiger partial charge is 0.0924 e. The third-order valence-electron chi connectivity index (χ3n) is 1.74. The molecule has 12 heavy (non-hydrogen) atoms. The van der Waals surface area contributed by atoms with Crippen molar-refractivity contribution in [2.24, 2.45) is 5.73 Å². The normalized spacial score (nSPS) is 9.75. The molecule has 0 saturated carbocycles. The van der Waals surface area contributed by atoms with Gasteiger partial charge in [0.25, 0.3) is 0 Å². The van der Waals surface area contributed by atoms with Crippen LogP contribution in [-0.2, 0) is 6.54 Å². The Morgan fingerprint density at radius 1 is 1.33 bits per heavy atom. The predicted molar refractivity (Wildman–Crippen MR) is 51.2 cm³/mol. The molecule has 64 valence electrons. The van der Waals surface area contributed by atoms with Crippen LogP contribution >= 0.6 is 12.4 Å². The van der Waals surface area contributed by atoms with Crippen molar-refractivity contribution in [2.75, 3.05) is 0 Å². The molecular weight excluding hydrogens is 174 g/mol. The van der Waals surface area contributed by atoms with Crippen LogP contribution in [0, 0.1) is 0 Å². The molecule has 0 fully saturated rings. The lowest BCUT2D eigenvalue weighted by Gasteiger charge is -1.89. The average molecular weight is 184 g/mol. The highest BCUT2D eigenvalue weighted by atomic mass is 35.5. The van der Waals surface area contributed by atoms with Crippen LogP contribution in [0.1, 0.15) is 5.69 Å². The summed E-state index contributed by atoms with van der Waals surface area (Å²) in [6, 6.07) is 7.92. The van der Waals surface area contributed by atoms with Gasteiger partial charge in [0.2, 0.25) is 0 Å². The van der Waals surface area contributed by atoms with Crippen LogP contribution in [0.25, 0.3) is 10.9 Å². The molecule has 2 aromatic rings. The van der Waals surface area contributed by atoms with Crippen molar-refractivity contribution in [1.29, 1.82) is 0 Å². The molecule has 2 rings (SSSR count). The van der Waals surface area contributed by atoms with E-state index in [-0.39, 0.29) is 12.4 Å². The molecule has 0 unspecified atom stereocenters. The monoisotopic (exact) mass is 183 g/mol. The fourth-order valence-corrected chi connectivity index (χ4v) is 1.17. The number of aromatic nitrogens is 2. The van der Waals surface area contributed by atoms with Crippen molar-refractivity contribution in [3.05, 3.63) is 30.0 Å². The molecule has 1 heterocycles. The molecule has 0 bridgehead atoms.